The number of carbonyl (C=O) groups is 3. The first-order valence-electron chi connectivity index (χ1n) is 8.07. The molecule has 3 rings (SSSR count). The van der Waals surface area contributed by atoms with Gasteiger partial charge in [0.1, 0.15) is 0 Å². The van der Waals surface area contributed by atoms with Crippen LogP contribution in [0.4, 0.5) is 10.8 Å². The van der Waals surface area contributed by atoms with Gasteiger partial charge < -0.3 is 15.1 Å². The summed E-state index contributed by atoms with van der Waals surface area (Å²) in [6.45, 7) is 0. The fourth-order valence-corrected chi connectivity index (χ4v) is 3.20. The second-order valence-electron chi connectivity index (χ2n) is 5.57. The molecular formula is C18H15ClN4O4S. The number of nitrogens with one attached hydrogen (secondary N) is 3. The topological polar surface area (TPSA) is 113 Å². The second kappa shape index (κ2) is 8.68. The van der Waals surface area contributed by atoms with Crippen molar-refractivity contribution in [2.24, 2.45) is 0 Å². The van der Waals surface area contributed by atoms with Gasteiger partial charge in [-0.15, -0.1) is 11.3 Å². The Morgan fingerprint density at radius 2 is 2.00 bits per heavy atom. The molecule has 28 heavy (non-hydrogen) atoms. The molecule has 0 atom stereocenters. The van der Waals surface area contributed by atoms with E-state index in [1.807, 2.05) is 0 Å². The van der Waals surface area contributed by atoms with E-state index < -0.39 is 5.91 Å². The number of hydrogen-bond acceptors (Lipinski definition) is 6. The molecule has 3 amide bonds. The van der Waals surface area contributed by atoms with E-state index >= 15 is 0 Å². The molecule has 3 N–H and O–H groups in total. The number of halogens is 1. The highest BCUT2D eigenvalue weighted by Crippen LogP contribution is 2.21. The van der Waals surface area contributed by atoms with Crippen LogP contribution in [-0.2, 0) is 11.2 Å². The summed E-state index contributed by atoms with van der Waals surface area (Å²) in [5, 5.41) is 10.1. The summed E-state index contributed by atoms with van der Waals surface area (Å²) in [4.78, 5) is 40.2. The van der Waals surface area contributed by atoms with Crippen LogP contribution in [0.5, 0.6) is 0 Å². The van der Waals surface area contributed by atoms with Gasteiger partial charge in [-0.05, 0) is 30.3 Å². The molecule has 0 unspecified atom stereocenters. The Bertz CT molecular complexity index is 1020. The molecule has 0 radical (unpaired) electrons. The zero-order valence-corrected chi connectivity index (χ0v) is 16.2. The highest BCUT2D eigenvalue weighted by molar-refractivity contribution is 7.14. The predicted octanol–water partition coefficient (Wildman–Crippen LogP) is 3.18. The van der Waals surface area contributed by atoms with E-state index in [0.29, 0.717) is 16.5 Å². The van der Waals surface area contributed by atoms with Crippen molar-refractivity contribution in [3.05, 3.63) is 64.0 Å². The smallest absolute Gasteiger partial charge is 0.293 e. The van der Waals surface area contributed by atoms with Gasteiger partial charge in [-0.2, -0.15) is 0 Å². The monoisotopic (exact) mass is 418 g/mol. The molecule has 0 bridgehead atoms. The van der Waals surface area contributed by atoms with Crippen molar-refractivity contribution in [1.29, 1.82) is 0 Å². The number of carbonyl (C=O) groups excluding carboxylic acids is 3. The van der Waals surface area contributed by atoms with E-state index in [0.717, 1.165) is 0 Å². The van der Waals surface area contributed by atoms with Gasteiger partial charge in [-0.3, -0.25) is 19.7 Å². The maximum atomic E-state index is 12.3. The number of furan rings is 1. The van der Waals surface area contributed by atoms with Crippen LogP contribution in [0.1, 0.15) is 26.6 Å². The summed E-state index contributed by atoms with van der Waals surface area (Å²) in [5.41, 5.74) is 1.20. The van der Waals surface area contributed by atoms with Crippen LogP contribution >= 0.6 is 22.9 Å². The number of thiazole rings is 1. The van der Waals surface area contributed by atoms with Crippen LogP contribution < -0.4 is 16.0 Å². The minimum atomic E-state index is -0.418. The maximum absolute atomic E-state index is 12.3. The normalized spacial score (nSPS) is 10.4. The maximum Gasteiger partial charge on any atom is 0.293 e. The molecule has 2 heterocycles. The predicted molar refractivity (Wildman–Crippen MR) is 106 cm³/mol. The number of hydrogen-bond donors (Lipinski definition) is 3. The summed E-state index contributed by atoms with van der Waals surface area (Å²) in [6.07, 6.45) is 1.41. The number of rotatable bonds is 6. The number of benzene rings is 1. The van der Waals surface area contributed by atoms with Gasteiger partial charge in [-0.25, -0.2) is 4.98 Å². The summed E-state index contributed by atoms with van der Waals surface area (Å²) >= 11 is 7.19. The van der Waals surface area contributed by atoms with Crippen molar-refractivity contribution < 1.29 is 18.8 Å². The van der Waals surface area contributed by atoms with Crippen LogP contribution in [0.3, 0.4) is 0 Å². The van der Waals surface area contributed by atoms with Crippen LogP contribution in [0.25, 0.3) is 0 Å². The summed E-state index contributed by atoms with van der Waals surface area (Å²) in [5.74, 6) is -0.917. The molecule has 0 fully saturated rings. The average Bonchev–Trinajstić information content (AvgIpc) is 3.35. The number of anilines is 2. The Kier molecular flexibility index (Phi) is 6.07. The molecule has 0 aliphatic heterocycles. The molecule has 0 aliphatic carbocycles. The van der Waals surface area contributed by atoms with Gasteiger partial charge >= 0.3 is 0 Å². The fraction of sp³-hybridized carbons (Fsp3) is 0.111. The van der Waals surface area contributed by atoms with Crippen molar-refractivity contribution in [3.63, 3.8) is 0 Å². The van der Waals surface area contributed by atoms with Gasteiger partial charge in [0.2, 0.25) is 5.91 Å². The van der Waals surface area contributed by atoms with E-state index in [-0.39, 0.29) is 34.6 Å². The van der Waals surface area contributed by atoms with E-state index in [2.05, 4.69) is 20.9 Å². The first kappa shape index (κ1) is 19.6. The van der Waals surface area contributed by atoms with Crippen molar-refractivity contribution >= 4 is 51.5 Å². The van der Waals surface area contributed by atoms with Crippen LogP contribution in [0, 0.1) is 0 Å². The molecule has 144 valence electrons. The summed E-state index contributed by atoms with van der Waals surface area (Å²) in [7, 11) is 1.49. The van der Waals surface area contributed by atoms with Gasteiger partial charge in [-0.1, -0.05) is 11.6 Å². The third-order valence-electron chi connectivity index (χ3n) is 3.58. The van der Waals surface area contributed by atoms with E-state index in [1.165, 1.54) is 42.8 Å². The molecule has 0 spiro atoms. The summed E-state index contributed by atoms with van der Waals surface area (Å²) in [6, 6.07) is 7.78. The third kappa shape index (κ3) is 4.76. The highest BCUT2D eigenvalue weighted by Gasteiger charge is 2.14. The van der Waals surface area contributed by atoms with Crippen molar-refractivity contribution in [1.82, 2.24) is 10.3 Å². The third-order valence-corrected chi connectivity index (χ3v) is 4.72. The van der Waals surface area contributed by atoms with E-state index in [1.54, 1.807) is 17.5 Å². The quantitative estimate of drug-likeness (QED) is 0.569. The molecule has 1 aromatic carbocycles. The van der Waals surface area contributed by atoms with Crippen LogP contribution in [-0.4, -0.2) is 29.8 Å². The molecule has 0 aliphatic rings. The van der Waals surface area contributed by atoms with Crippen LogP contribution in [0.2, 0.25) is 5.02 Å². The minimum absolute atomic E-state index is 0.00502. The number of nitrogens with zero attached hydrogens (tertiary/aromatic N) is 1. The standard InChI is InChI=1S/C18H15ClN4O4S/c1-20-16(25)12-7-10(4-5-13(12)19)21-15(24)8-11-9-28-18(22-11)23-17(26)14-3-2-6-27-14/h2-7,9H,8H2,1H3,(H,20,25)(H,21,24)(H,22,23,26). The zero-order chi connectivity index (χ0) is 20.1. The number of amides is 3. The van der Waals surface area contributed by atoms with Gasteiger partial charge in [0.25, 0.3) is 11.8 Å². The lowest BCUT2D eigenvalue weighted by Crippen LogP contribution is -2.19. The summed E-state index contributed by atoms with van der Waals surface area (Å²) < 4.78 is 5.01. The SMILES string of the molecule is CNC(=O)c1cc(NC(=O)Cc2csc(NC(=O)c3ccco3)n2)ccc1Cl. The lowest BCUT2D eigenvalue weighted by Gasteiger charge is -2.08. The fourth-order valence-electron chi connectivity index (χ4n) is 2.29. The van der Waals surface area contributed by atoms with Gasteiger partial charge in [0.15, 0.2) is 10.9 Å². The Hall–Kier alpha value is -3.17. The lowest BCUT2D eigenvalue weighted by molar-refractivity contribution is -0.115. The van der Waals surface area contributed by atoms with E-state index in [9.17, 15) is 14.4 Å². The van der Waals surface area contributed by atoms with Crippen molar-refractivity contribution in [3.8, 4) is 0 Å². The van der Waals surface area contributed by atoms with Crippen molar-refractivity contribution in [2.45, 2.75) is 6.42 Å². The second-order valence-corrected chi connectivity index (χ2v) is 6.84. The highest BCUT2D eigenvalue weighted by atomic mass is 35.5. The Morgan fingerprint density at radius 1 is 1.18 bits per heavy atom. The van der Waals surface area contributed by atoms with Crippen molar-refractivity contribution in [2.75, 3.05) is 17.7 Å². The Labute approximate surface area is 168 Å². The Balaban J connectivity index is 1.60. The molecule has 10 heteroatoms. The van der Waals surface area contributed by atoms with Gasteiger partial charge in [0.05, 0.1) is 29.0 Å². The van der Waals surface area contributed by atoms with E-state index in [4.69, 9.17) is 16.0 Å². The minimum Gasteiger partial charge on any atom is -0.459 e. The molecule has 2 aromatic heterocycles. The molecule has 0 saturated heterocycles. The first-order chi connectivity index (χ1) is 13.5. The zero-order valence-electron chi connectivity index (χ0n) is 14.6. The van der Waals surface area contributed by atoms with Crippen LogP contribution in [0.15, 0.2) is 46.4 Å². The Morgan fingerprint density at radius 3 is 2.71 bits per heavy atom. The molecule has 3 aromatic rings. The molecule has 0 saturated carbocycles. The first-order valence-corrected chi connectivity index (χ1v) is 9.32. The number of aromatic nitrogens is 1. The van der Waals surface area contributed by atoms with Gasteiger partial charge in [0, 0.05) is 18.1 Å². The molecular weight excluding hydrogens is 404 g/mol. The molecule has 8 nitrogen and oxygen atoms in total. The largest absolute Gasteiger partial charge is 0.459 e. The average molecular weight is 419 g/mol. The lowest BCUT2D eigenvalue weighted by atomic mass is 10.2.